The number of carboxylic acids is 1. The van der Waals surface area contributed by atoms with Crippen molar-refractivity contribution < 1.29 is 23.8 Å². The smallest absolute Gasteiger partial charge is 0.417 e. The van der Waals surface area contributed by atoms with Gasteiger partial charge in [-0.3, -0.25) is 9.78 Å². The fraction of sp³-hybridized carbons (Fsp3) is 0.0625. The van der Waals surface area contributed by atoms with Gasteiger partial charge in [-0.15, -0.1) is 0 Å². The summed E-state index contributed by atoms with van der Waals surface area (Å²) in [6, 6.07) is 10.9. The molecule has 8 heteroatoms. The van der Waals surface area contributed by atoms with Crippen molar-refractivity contribution in [2.24, 2.45) is 0 Å². The molecule has 0 aliphatic carbocycles. The molecule has 0 fully saturated rings. The Bertz CT molecular complexity index is 972. The van der Waals surface area contributed by atoms with Gasteiger partial charge in [0.2, 0.25) is 0 Å². The van der Waals surface area contributed by atoms with Crippen molar-refractivity contribution in [3.05, 3.63) is 58.6 Å². The molecule has 1 heterocycles. The number of carbonyl (C=O) groups is 2. The fourth-order valence-corrected chi connectivity index (χ4v) is 2.11. The van der Waals surface area contributed by atoms with Crippen LogP contribution in [0.15, 0.2) is 51.7 Å². The largest absolute Gasteiger partial charge is 0.482 e. The number of benzene rings is 2. The van der Waals surface area contributed by atoms with Crippen LogP contribution in [0.1, 0.15) is 10.4 Å². The van der Waals surface area contributed by atoms with Crippen molar-refractivity contribution in [3.63, 3.8) is 0 Å². The second-order valence-corrected chi connectivity index (χ2v) is 4.89. The average Bonchev–Trinajstić information content (AvgIpc) is 2.92. The van der Waals surface area contributed by atoms with E-state index in [2.05, 4.69) is 10.3 Å². The van der Waals surface area contributed by atoms with Crippen molar-refractivity contribution >= 4 is 28.7 Å². The Kier molecular flexibility index (Phi) is 4.02. The minimum atomic E-state index is -1.10. The van der Waals surface area contributed by atoms with E-state index in [0.717, 1.165) is 0 Å². The van der Waals surface area contributed by atoms with Crippen molar-refractivity contribution in [3.8, 4) is 5.75 Å². The summed E-state index contributed by atoms with van der Waals surface area (Å²) >= 11 is 0. The van der Waals surface area contributed by atoms with E-state index in [4.69, 9.17) is 14.3 Å². The molecule has 8 nitrogen and oxygen atoms in total. The minimum absolute atomic E-state index is 0.277. The zero-order valence-electron chi connectivity index (χ0n) is 12.2. The molecule has 2 aromatic carbocycles. The Morgan fingerprint density at radius 3 is 2.83 bits per heavy atom. The molecule has 3 rings (SSSR count). The van der Waals surface area contributed by atoms with Gasteiger partial charge in [-0.25, -0.2) is 9.59 Å². The van der Waals surface area contributed by atoms with Crippen LogP contribution in [0.4, 0.5) is 5.69 Å². The van der Waals surface area contributed by atoms with Gasteiger partial charge >= 0.3 is 11.7 Å². The molecule has 0 bridgehead atoms. The van der Waals surface area contributed by atoms with E-state index in [1.807, 2.05) is 0 Å². The molecule has 0 radical (unpaired) electrons. The quantitative estimate of drug-likeness (QED) is 0.657. The van der Waals surface area contributed by atoms with Crippen molar-refractivity contribution in [2.45, 2.75) is 0 Å². The third kappa shape index (κ3) is 3.43. The molecule has 1 aromatic heterocycles. The number of oxazole rings is 1. The minimum Gasteiger partial charge on any atom is -0.482 e. The van der Waals surface area contributed by atoms with Gasteiger partial charge in [0, 0.05) is 11.3 Å². The maximum Gasteiger partial charge on any atom is 0.417 e. The third-order valence-corrected chi connectivity index (χ3v) is 3.14. The first-order chi connectivity index (χ1) is 11.5. The average molecular weight is 328 g/mol. The molecular weight excluding hydrogens is 316 g/mol. The molecule has 0 spiro atoms. The SMILES string of the molecule is O=C(O)COc1cccc(C(=O)Nc2ccc3oc(=O)[nH]c3c2)c1. The monoisotopic (exact) mass is 328 g/mol. The Hall–Kier alpha value is -3.55. The van der Waals surface area contributed by atoms with E-state index in [1.54, 1.807) is 36.4 Å². The van der Waals surface area contributed by atoms with Gasteiger partial charge in [0.05, 0.1) is 5.52 Å². The standard InChI is InChI=1S/C16H12N2O6/c19-14(20)8-23-11-3-1-2-9(6-11)15(21)17-10-4-5-13-12(7-10)18-16(22)24-13/h1-7H,8H2,(H,17,21)(H,18,22)(H,19,20). The number of H-pyrrole nitrogens is 1. The van der Waals surface area contributed by atoms with E-state index in [1.165, 1.54) is 6.07 Å². The third-order valence-electron chi connectivity index (χ3n) is 3.14. The molecule has 0 aliphatic rings. The second kappa shape index (κ2) is 6.29. The van der Waals surface area contributed by atoms with Crippen molar-refractivity contribution in [1.29, 1.82) is 0 Å². The summed E-state index contributed by atoms with van der Waals surface area (Å²) in [6.07, 6.45) is 0. The van der Waals surface area contributed by atoms with Gasteiger partial charge in [-0.2, -0.15) is 0 Å². The Balaban J connectivity index is 1.76. The lowest BCUT2D eigenvalue weighted by Gasteiger charge is -2.07. The molecule has 122 valence electrons. The second-order valence-electron chi connectivity index (χ2n) is 4.89. The Morgan fingerprint density at radius 2 is 2.04 bits per heavy atom. The summed E-state index contributed by atoms with van der Waals surface area (Å²) in [5.74, 6) is -1.80. The van der Waals surface area contributed by atoms with Crippen LogP contribution in [0.5, 0.6) is 5.75 Å². The number of carbonyl (C=O) groups excluding carboxylic acids is 1. The van der Waals surface area contributed by atoms with Gasteiger partial charge in [0.25, 0.3) is 5.91 Å². The molecule has 24 heavy (non-hydrogen) atoms. The van der Waals surface area contributed by atoms with Crippen LogP contribution in [0.3, 0.4) is 0 Å². The lowest BCUT2D eigenvalue weighted by molar-refractivity contribution is -0.139. The number of rotatable bonds is 5. The van der Waals surface area contributed by atoms with Crippen LogP contribution in [0, 0.1) is 0 Å². The number of carboxylic acid groups (broad SMARTS) is 1. The number of nitrogens with one attached hydrogen (secondary N) is 2. The number of hydrogen-bond donors (Lipinski definition) is 3. The number of aliphatic carboxylic acids is 1. The number of hydrogen-bond acceptors (Lipinski definition) is 5. The molecule has 0 saturated carbocycles. The topological polar surface area (TPSA) is 122 Å². The van der Waals surface area contributed by atoms with Crippen LogP contribution >= 0.6 is 0 Å². The molecule has 3 N–H and O–H groups in total. The molecule has 1 amide bonds. The highest BCUT2D eigenvalue weighted by molar-refractivity contribution is 6.05. The van der Waals surface area contributed by atoms with Crippen LogP contribution in [0.2, 0.25) is 0 Å². The number of aromatic nitrogens is 1. The zero-order valence-corrected chi connectivity index (χ0v) is 12.2. The molecule has 0 saturated heterocycles. The van der Waals surface area contributed by atoms with Gasteiger partial charge in [-0.1, -0.05) is 6.07 Å². The summed E-state index contributed by atoms with van der Waals surface area (Å²) in [7, 11) is 0. The van der Waals surface area contributed by atoms with E-state index in [-0.39, 0.29) is 5.75 Å². The van der Waals surface area contributed by atoms with Gasteiger partial charge in [0.15, 0.2) is 12.2 Å². The van der Waals surface area contributed by atoms with Gasteiger partial charge in [-0.05, 0) is 36.4 Å². The normalized spacial score (nSPS) is 10.5. The molecular formula is C16H12N2O6. The predicted octanol–water partition coefficient (Wildman–Crippen LogP) is 1.84. The van der Waals surface area contributed by atoms with Crippen molar-refractivity contribution in [2.75, 3.05) is 11.9 Å². The first-order valence-electron chi connectivity index (χ1n) is 6.90. The van der Waals surface area contributed by atoms with Gasteiger partial charge in [0.1, 0.15) is 5.75 Å². The highest BCUT2D eigenvalue weighted by atomic mass is 16.5. The van der Waals surface area contributed by atoms with Crippen LogP contribution in [-0.4, -0.2) is 28.6 Å². The fourth-order valence-electron chi connectivity index (χ4n) is 2.11. The predicted molar refractivity (Wildman–Crippen MR) is 84.4 cm³/mol. The Morgan fingerprint density at radius 1 is 1.21 bits per heavy atom. The maximum atomic E-state index is 12.3. The van der Waals surface area contributed by atoms with E-state index in [0.29, 0.717) is 22.4 Å². The maximum absolute atomic E-state index is 12.3. The molecule has 0 aliphatic heterocycles. The molecule has 0 unspecified atom stereocenters. The summed E-state index contributed by atoms with van der Waals surface area (Å²) in [5, 5.41) is 11.3. The van der Waals surface area contributed by atoms with Crippen LogP contribution in [0.25, 0.3) is 11.1 Å². The highest BCUT2D eigenvalue weighted by Crippen LogP contribution is 2.18. The zero-order chi connectivity index (χ0) is 17.1. The first-order valence-corrected chi connectivity index (χ1v) is 6.90. The lowest BCUT2D eigenvalue weighted by Crippen LogP contribution is -2.13. The highest BCUT2D eigenvalue weighted by Gasteiger charge is 2.09. The number of ether oxygens (including phenoxy) is 1. The van der Waals surface area contributed by atoms with Gasteiger partial charge < -0.3 is 19.6 Å². The lowest BCUT2D eigenvalue weighted by atomic mass is 10.2. The summed E-state index contributed by atoms with van der Waals surface area (Å²) in [4.78, 5) is 36.4. The number of fused-ring (bicyclic) bond motifs is 1. The molecule has 0 atom stereocenters. The summed E-state index contributed by atoms with van der Waals surface area (Å²) in [5.41, 5.74) is 1.64. The van der Waals surface area contributed by atoms with Crippen LogP contribution in [-0.2, 0) is 4.79 Å². The van der Waals surface area contributed by atoms with Crippen molar-refractivity contribution in [1.82, 2.24) is 4.98 Å². The van der Waals surface area contributed by atoms with E-state index < -0.39 is 24.2 Å². The van der Waals surface area contributed by atoms with E-state index >= 15 is 0 Å². The van der Waals surface area contributed by atoms with Crippen LogP contribution < -0.4 is 15.8 Å². The number of anilines is 1. The first kappa shape index (κ1) is 15.3. The summed E-state index contributed by atoms with van der Waals surface area (Å²) in [6.45, 7) is -0.490. The number of amides is 1. The Labute approximate surface area is 134 Å². The van der Waals surface area contributed by atoms with E-state index in [9.17, 15) is 14.4 Å². The molecule has 3 aromatic rings. The number of aromatic amines is 1. The summed E-state index contributed by atoms with van der Waals surface area (Å²) < 4.78 is 9.92.